The number of anilines is 1. The van der Waals surface area contributed by atoms with Crippen LogP contribution in [0.3, 0.4) is 0 Å². The molecule has 34 heavy (non-hydrogen) atoms. The lowest BCUT2D eigenvalue weighted by Gasteiger charge is -2.14. The highest BCUT2D eigenvalue weighted by Crippen LogP contribution is 2.36. The van der Waals surface area contributed by atoms with E-state index in [1.165, 1.54) is 17.5 Å². The summed E-state index contributed by atoms with van der Waals surface area (Å²) < 4.78 is 46.0. The van der Waals surface area contributed by atoms with Crippen molar-refractivity contribution in [3.05, 3.63) is 80.7 Å². The van der Waals surface area contributed by atoms with Gasteiger partial charge >= 0.3 is 0 Å². The highest BCUT2D eigenvalue weighted by molar-refractivity contribution is 7.90. The largest absolute Gasteiger partial charge is 0.455 e. The second kappa shape index (κ2) is 10.7. The molecule has 2 aromatic carbocycles. The normalized spacial score (nSPS) is 11.5. The van der Waals surface area contributed by atoms with Gasteiger partial charge in [0.1, 0.15) is 33.0 Å². The van der Waals surface area contributed by atoms with Gasteiger partial charge in [-0.1, -0.05) is 23.2 Å². The molecule has 0 unspecified atom stereocenters. The van der Waals surface area contributed by atoms with Gasteiger partial charge in [-0.15, -0.1) is 11.3 Å². The Hall–Kier alpha value is -2.66. The third-order valence-corrected chi connectivity index (χ3v) is 7.94. The lowest BCUT2D eigenvalue weighted by molar-refractivity contribution is 0.467. The zero-order valence-electron chi connectivity index (χ0n) is 17.6. The van der Waals surface area contributed by atoms with E-state index in [1.807, 2.05) is 0 Å². The number of halogens is 3. The van der Waals surface area contributed by atoms with Gasteiger partial charge in [0.2, 0.25) is 0 Å². The molecule has 0 aliphatic heterocycles. The first-order valence-electron chi connectivity index (χ1n) is 10.1. The van der Waals surface area contributed by atoms with Crippen molar-refractivity contribution in [3.63, 3.8) is 0 Å². The minimum Gasteiger partial charge on any atom is -0.455 e. The van der Waals surface area contributed by atoms with Gasteiger partial charge in [0.15, 0.2) is 9.84 Å². The van der Waals surface area contributed by atoms with Crippen LogP contribution in [0, 0.1) is 5.82 Å². The van der Waals surface area contributed by atoms with E-state index in [-0.39, 0.29) is 10.8 Å². The van der Waals surface area contributed by atoms with Crippen molar-refractivity contribution in [1.29, 1.82) is 0 Å². The average molecular weight is 541 g/mol. The summed E-state index contributed by atoms with van der Waals surface area (Å²) in [5, 5.41) is 12.4. The first kappa shape index (κ1) is 24.5. The predicted molar refractivity (Wildman–Crippen MR) is 131 cm³/mol. The van der Waals surface area contributed by atoms with E-state index in [2.05, 4.69) is 20.5 Å². The van der Waals surface area contributed by atoms with Gasteiger partial charge in [0.05, 0.1) is 16.9 Å². The number of rotatable bonds is 10. The molecule has 0 radical (unpaired) electrons. The minimum atomic E-state index is -3.97. The van der Waals surface area contributed by atoms with Crippen molar-refractivity contribution in [2.24, 2.45) is 0 Å². The molecule has 178 valence electrons. The zero-order valence-corrected chi connectivity index (χ0v) is 20.7. The van der Waals surface area contributed by atoms with Gasteiger partial charge in [-0.25, -0.2) is 17.8 Å². The first-order chi connectivity index (χ1) is 16.3. The number of H-pyrrole nitrogens is 1. The standard InChI is InChI=1S/C22H19Cl2FN4O3S2/c23-15-3-4-19(14(8-15)2-1-5-26-16-11-28-29-12-16)32-20-10-18(25)21(9-17(20)24)34(30,31)13-22-27-6-7-33-22/h3-4,6-12,26H,1-2,5,13H2,(H,28,29). The molecule has 4 aromatic rings. The van der Waals surface area contributed by atoms with E-state index in [0.717, 1.165) is 29.8 Å². The van der Waals surface area contributed by atoms with Gasteiger partial charge in [0, 0.05) is 35.4 Å². The SMILES string of the molecule is O=S(=O)(Cc1nccs1)c1cc(Cl)c(Oc2ccc(Cl)cc2CCCNc2cn[nH]c2)cc1F. The van der Waals surface area contributed by atoms with Gasteiger partial charge in [0.25, 0.3) is 0 Å². The highest BCUT2D eigenvalue weighted by atomic mass is 35.5. The number of benzene rings is 2. The summed E-state index contributed by atoms with van der Waals surface area (Å²) in [5.41, 5.74) is 1.69. The maximum Gasteiger partial charge on any atom is 0.187 e. The van der Waals surface area contributed by atoms with Crippen molar-refractivity contribution in [2.45, 2.75) is 23.5 Å². The van der Waals surface area contributed by atoms with E-state index in [1.54, 1.807) is 36.0 Å². The lowest BCUT2D eigenvalue weighted by atomic mass is 10.1. The molecule has 0 atom stereocenters. The Morgan fingerprint density at radius 1 is 1.18 bits per heavy atom. The smallest absolute Gasteiger partial charge is 0.187 e. The molecule has 12 heteroatoms. The Morgan fingerprint density at radius 2 is 2.03 bits per heavy atom. The molecule has 7 nitrogen and oxygen atoms in total. The van der Waals surface area contributed by atoms with Crippen LogP contribution in [0.2, 0.25) is 10.0 Å². The molecular weight excluding hydrogens is 522 g/mol. The molecule has 0 aliphatic rings. The fourth-order valence-electron chi connectivity index (χ4n) is 3.21. The van der Waals surface area contributed by atoms with Crippen molar-refractivity contribution < 1.29 is 17.5 Å². The van der Waals surface area contributed by atoms with Crippen LogP contribution < -0.4 is 10.1 Å². The highest BCUT2D eigenvalue weighted by Gasteiger charge is 2.24. The van der Waals surface area contributed by atoms with Crippen LogP contribution in [0.5, 0.6) is 11.5 Å². The third-order valence-electron chi connectivity index (χ3n) is 4.81. The quantitative estimate of drug-likeness (QED) is 0.235. The van der Waals surface area contributed by atoms with Crippen molar-refractivity contribution >= 4 is 50.1 Å². The lowest BCUT2D eigenvalue weighted by Crippen LogP contribution is -2.07. The van der Waals surface area contributed by atoms with Crippen molar-refractivity contribution in [3.8, 4) is 11.5 Å². The topological polar surface area (TPSA) is 97.0 Å². The number of nitrogens with zero attached hydrogens (tertiary/aromatic N) is 2. The molecule has 0 saturated carbocycles. The fraction of sp³-hybridized carbons (Fsp3) is 0.182. The van der Waals surface area contributed by atoms with Gasteiger partial charge in [-0.05, 0) is 42.7 Å². The van der Waals surface area contributed by atoms with E-state index in [9.17, 15) is 12.8 Å². The number of aromatic amines is 1. The Labute approximate surface area is 209 Å². The third kappa shape index (κ3) is 6.06. The number of sulfone groups is 1. The average Bonchev–Trinajstić information content (AvgIpc) is 3.49. The second-order valence-corrected chi connectivity index (χ2v) is 11.1. The van der Waals surface area contributed by atoms with E-state index in [0.29, 0.717) is 28.7 Å². The van der Waals surface area contributed by atoms with Crippen molar-refractivity contribution in [2.75, 3.05) is 11.9 Å². The summed E-state index contributed by atoms with van der Waals surface area (Å²) in [6, 6.07) is 7.14. The zero-order chi connectivity index (χ0) is 24.1. The second-order valence-electron chi connectivity index (χ2n) is 7.27. The first-order valence-corrected chi connectivity index (χ1v) is 13.4. The van der Waals surface area contributed by atoms with Crippen LogP contribution in [0.4, 0.5) is 10.1 Å². The van der Waals surface area contributed by atoms with E-state index < -0.39 is 26.3 Å². The van der Waals surface area contributed by atoms with E-state index >= 15 is 0 Å². The summed E-state index contributed by atoms with van der Waals surface area (Å²) in [4.78, 5) is 3.46. The van der Waals surface area contributed by atoms with Crippen LogP contribution >= 0.6 is 34.5 Å². The summed E-state index contributed by atoms with van der Waals surface area (Å²) in [6.45, 7) is 0.687. The maximum absolute atomic E-state index is 14.8. The molecule has 0 aliphatic carbocycles. The number of hydrogen-bond acceptors (Lipinski definition) is 7. The Bertz CT molecular complexity index is 1370. The molecule has 0 fully saturated rings. The fourth-order valence-corrected chi connectivity index (χ4v) is 6.02. The number of ether oxygens (including phenoxy) is 1. The summed E-state index contributed by atoms with van der Waals surface area (Å²) in [5.74, 6) is -0.901. The predicted octanol–water partition coefficient (Wildman–Crippen LogP) is 6.12. The Morgan fingerprint density at radius 3 is 2.76 bits per heavy atom. The molecule has 0 amide bonds. The van der Waals surface area contributed by atoms with Crippen LogP contribution in [0.1, 0.15) is 17.0 Å². The molecule has 4 rings (SSSR count). The number of thiazole rings is 1. The van der Waals surface area contributed by atoms with Crippen LogP contribution in [-0.2, 0) is 22.0 Å². The number of aryl methyl sites for hydroxylation is 1. The molecule has 0 saturated heterocycles. The summed E-state index contributed by atoms with van der Waals surface area (Å²) >= 11 is 13.6. The molecule has 0 spiro atoms. The molecular formula is C22H19Cl2FN4O3S2. The summed E-state index contributed by atoms with van der Waals surface area (Å²) in [7, 11) is -3.97. The number of aromatic nitrogens is 3. The number of hydrogen-bond donors (Lipinski definition) is 2. The Balaban J connectivity index is 1.50. The van der Waals surface area contributed by atoms with Gasteiger partial charge < -0.3 is 10.1 Å². The van der Waals surface area contributed by atoms with Crippen molar-refractivity contribution in [1.82, 2.24) is 15.2 Å². The molecule has 2 N–H and O–H groups in total. The van der Waals surface area contributed by atoms with Crippen LogP contribution in [-0.4, -0.2) is 30.1 Å². The van der Waals surface area contributed by atoms with Crippen LogP contribution in [0.25, 0.3) is 0 Å². The number of nitrogens with one attached hydrogen (secondary N) is 2. The van der Waals surface area contributed by atoms with Gasteiger partial charge in [-0.2, -0.15) is 5.10 Å². The minimum absolute atomic E-state index is 0.00691. The van der Waals surface area contributed by atoms with Crippen LogP contribution in [0.15, 0.2) is 59.2 Å². The van der Waals surface area contributed by atoms with E-state index in [4.69, 9.17) is 27.9 Å². The molecule has 2 aromatic heterocycles. The van der Waals surface area contributed by atoms with Gasteiger partial charge in [-0.3, -0.25) is 5.10 Å². The monoisotopic (exact) mass is 540 g/mol. The maximum atomic E-state index is 14.8. The molecule has 2 heterocycles. The summed E-state index contributed by atoms with van der Waals surface area (Å²) in [6.07, 6.45) is 6.32. The Kier molecular flexibility index (Phi) is 7.72. The molecule has 0 bridgehead atoms.